The van der Waals surface area contributed by atoms with Crippen molar-refractivity contribution in [2.24, 2.45) is 12.0 Å². The standard InChI is InChI=1S/C23H36N6/c1-7-24-23(26-16(2)13-21-17(3)27-29(6)18(21)4)25-15-19-10-11-22-20(14-19)9-8-12-28(22)5/h10-11,14,16H,7-9,12-13,15H2,1-6H3,(H2,24,25,26). The number of benzene rings is 1. The fraction of sp³-hybridized carbons (Fsp3) is 0.565. The van der Waals surface area contributed by atoms with Crippen LogP contribution in [0.3, 0.4) is 0 Å². The normalized spacial score (nSPS) is 15.2. The van der Waals surface area contributed by atoms with E-state index in [1.807, 2.05) is 11.7 Å². The summed E-state index contributed by atoms with van der Waals surface area (Å²) in [5.41, 5.74) is 7.74. The van der Waals surface area contributed by atoms with Crippen LogP contribution in [0.2, 0.25) is 0 Å². The van der Waals surface area contributed by atoms with Crippen LogP contribution in [-0.2, 0) is 26.4 Å². The number of anilines is 1. The second-order valence-electron chi connectivity index (χ2n) is 8.21. The first-order chi connectivity index (χ1) is 13.9. The Morgan fingerprint density at radius 1 is 1.28 bits per heavy atom. The summed E-state index contributed by atoms with van der Waals surface area (Å²) in [5, 5.41) is 11.5. The van der Waals surface area contributed by atoms with E-state index in [1.165, 1.54) is 34.5 Å². The van der Waals surface area contributed by atoms with Gasteiger partial charge in [0.2, 0.25) is 0 Å². The SMILES string of the molecule is CCNC(=NCc1ccc2c(c1)CCCN2C)NC(C)Cc1c(C)nn(C)c1C. The number of aliphatic imine (C=N–C) groups is 1. The number of nitrogens with one attached hydrogen (secondary N) is 2. The van der Waals surface area contributed by atoms with E-state index >= 15 is 0 Å². The lowest BCUT2D eigenvalue weighted by atomic mass is 10.00. The van der Waals surface area contributed by atoms with Gasteiger partial charge in [0.05, 0.1) is 12.2 Å². The Balaban J connectivity index is 1.66. The van der Waals surface area contributed by atoms with Gasteiger partial charge in [-0.1, -0.05) is 12.1 Å². The van der Waals surface area contributed by atoms with Gasteiger partial charge in [0.1, 0.15) is 0 Å². The summed E-state index contributed by atoms with van der Waals surface area (Å²) in [7, 11) is 4.18. The van der Waals surface area contributed by atoms with Crippen molar-refractivity contribution in [3.8, 4) is 0 Å². The highest BCUT2D eigenvalue weighted by Crippen LogP contribution is 2.27. The molecule has 2 heterocycles. The summed E-state index contributed by atoms with van der Waals surface area (Å²) in [5.74, 6) is 0.869. The molecule has 3 rings (SSSR count). The minimum Gasteiger partial charge on any atom is -0.374 e. The number of guanidine groups is 1. The monoisotopic (exact) mass is 396 g/mol. The maximum absolute atomic E-state index is 4.84. The number of hydrogen-bond acceptors (Lipinski definition) is 3. The molecule has 1 aromatic carbocycles. The second-order valence-corrected chi connectivity index (χ2v) is 8.21. The van der Waals surface area contributed by atoms with Gasteiger partial charge in [0, 0.05) is 44.6 Å². The van der Waals surface area contributed by atoms with Crippen LogP contribution in [0.15, 0.2) is 23.2 Å². The third kappa shape index (κ3) is 5.11. The average Bonchev–Trinajstić information content (AvgIpc) is 2.92. The van der Waals surface area contributed by atoms with E-state index in [0.29, 0.717) is 6.54 Å². The molecule has 0 bridgehead atoms. The van der Waals surface area contributed by atoms with Crippen molar-refractivity contribution < 1.29 is 0 Å². The van der Waals surface area contributed by atoms with E-state index < -0.39 is 0 Å². The van der Waals surface area contributed by atoms with Crippen molar-refractivity contribution in [2.75, 3.05) is 25.0 Å². The lowest BCUT2D eigenvalue weighted by Gasteiger charge is -2.27. The molecule has 1 atom stereocenters. The summed E-state index contributed by atoms with van der Waals surface area (Å²) >= 11 is 0. The summed E-state index contributed by atoms with van der Waals surface area (Å²) in [4.78, 5) is 7.19. The fourth-order valence-electron chi connectivity index (χ4n) is 4.13. The largest absolute Gasteiger partial charge is 0.374 e. The highest BCUT2D eigenvalue weighted by molar-refractivity contribution is 5.80. The molecule has 0 radical (unpaired) electrons. The molecule has 2 aromatic rings. The smallest absolute Gasteiger partial charge is 0.191 e. The van der Waals surface area contributed by atoms with E-state index in [9.17, 15) is 0 Å². The van der Waals surface area contributed by atoms with Gasteiger partial charge in [-0.25, -0.2) is 4.99 Å². The Morgan fingerprint density at radius 3 is 2.76 bits per heavy atom. The predicted molar refractivity (Wildman–Crippen MR) is 122 cm³/mol. The van der Waals surface area contributed by atoms with E-state index in [1.54, 1.807) is 0 Å². The third-order valence-electron chi connectivity index (χ3n) is 5.81. The number of hydrogen-bond donors (Lipinski definition) is 2. The van der Waals surface area contributed by atoms with Crippen LogP contribution in [0.25, 0.3) is 0 Å². The van der Waals surface area contributed by atoms with Crippen molar-refractivity contribution in [1.82, 2.24) is 20.4 Å². The molecule has 0 amide bonds. The Labute approximate surface area is 175 Å². The number of fused-ring (bicyclic) bond motifs is 1. The van der Waals surface area contributed by atoms with Gasteiger partial charge in [0.25, 0.3) is 0 Å². The van der Waals surface area contributed by atoms with Gasteiger partial charge < -0.3 is 15.5 Å². The van der Waals surface area contributed by atoms with Gasteiger partial charge >= 0.3 is 0 Å². The van der Waals surface area contributed by atoms with Crippen molar-refractivity contribution >= 4 is 11.6 Å². The van der Waals surface area contributed by atoms with E-state index in [2.05, 4.69) is 73.6 Å². The predicted octanol–water partition coefficient (Wildman–Crippen LogP) is 3.11. The summed E-state index contributed by atoms with van der Waals surface area (Å²) in [6.07, 6.45) is 3.32. The molecule has 1 aromatic heterocycles. The van der Waals surface area contributed by atoms with Crippen molar-refractivity contribution in [1.29, 1.82) is 0 Å². The first-order valence-electron chi connectivity index (χ1n) is 10.8. The molecule has 1 aliphatic rings. The molecule has 2 N–H and O–H groups in total. The Hall–Kier alpha value is -2.50. The average molecular weight is 397 g/mol. The molecule has 0 saturated heterocycles. The lowest BCUT2D eigenvalue weighted by molar-refractivity contribution is 0.635. The van der Waals surface area contributed by atoms with Crippen molar-refractivity contribution in [2.45, 2.75) is 59.5 Å². The molecule has 6 nitrogen and oxygen atoms in total. The Bertz CT molecular complexity index is 866. The van der Waals surface area contributed by atoms with Crippen LogP contribution >= 0.6 is 0 Å². The van der Waals surface area contributed by atoms with Crippen LogP contribution in [0, 0.1) is 13.8 Å². The molecule has 1 aliphatic heterocycles. The van der Waals surface area contributed by atoms with Gasteiger partial charge in [-0.3, -0.25) is 4.68 Å². The van der Waals surface area contributed by atoms with Gasteiger partial charge in [-0.05, 0) is 69.7 Å². The highest BCUT2D eigenvalue weighted by Gasteiger charge is 2.15. The van der Waals surface area contributed by atoms with Crippen molar-refractivity contribution in [3.63, 3.8) is 0 Å². The van der Waals surface area contributed by atoms with Gasteiger partial charge in [-0.15, -0.1) is 0 Å². The summed E-state index contributed by atoms with van der Waals surface area (Å²) in [6.45, 7) is 11.2. The number of aryl methyl sites for hydroxylation is 3. The second kappa shape index (κ2) is 9.33. The Kier molecular flexibility index (Phi) is 6.83. The number of aromatic nitrogens is 2. The van der Waals surface area contributed by atoms with Crippen molar-refractivity contribution in [3.05, 3.63) is 46.3 Å². The molecule has 6 heteroatoms. The van der Waals surface area contributed by atoms with Crippen LogP contribution in [0.5, 0.6) is 0 Å². The molecule has 0 saturated carbocycles. The third-order valence-corrected chi connectivity index (χ3v) is 5.81. The zero-order chi connectivity index (χ0) is 21.0. The maximum atomic E-state index is 4.84. The summed E-state index contributed by atoms with van der Waals surface area (Å²) in [6, 6.07) is 7.05. The molecular weight excluding hydrogens is 360 g/mol. The highest BCUT2D eigenvalue weighted by atomic mass is 15.3. The summed E-state index contributed by atoms with van der Waals surface area (Å²) < 4.78 is 1.96. The molecule has 0 fully saturated rings. The lowest BCUT2D eigenvalue weighted by Crippen LogP contribution is -2.43. The van der Waals surface area contributed by atoms with Crippen LogP contribution in [0.4, 0.5) is 5.69 Å². The molecule has 1 unspecified atom stereocenters. The van der Waals surface area contributed by atoms with Crippen LogP contribution in [0.1, 0.15) is 48.3 Å². The zero-order valence-corrected chi connectivity index (χ0v) is 18.8. The molecule has 29 heavy (non-hydrogen) atoms. The topological polar surface area (TPSA) is 57.5 Å². The minimum absolute atomic E-state index is 0.270. The Morgan fingerprint density at radius 2 is 2.07 bits per heavy atom. The fourth-order valence-corrected chi connectivity index (χ4v) is 4.13. The first kappa shape index (κ1) is 21.2. The van der Waals surface area contributed by atoms with Crippen LogP contribution < -0.4 is 15.5 Å². The first-order valence-corrected chi connectivity index (χ1v) is 10.8. The number of rotatable bonds is 6. The minimum atomic E-state index is 0.270. The quantitative estimate of drug-likeness (QED) is 0.582. The van der Waals surface area contributed by atoms with Gasteiger partial charge in [-0.2, -0.15) is 5.10 Å². The van der Waals surface area contributed by atoms with Gasteiger partial charge in [0.15, 0.2) is 5.96 Å². The molecule has 0 aliphatic carbocycles. The molecule has 158 valence electrons. The maximum Gasteiger partial charge on any atom is 0.191 e. The molecular formula is C23H36N6. The zero-order valence-electron chi connectivity index (χ0n) is 18.8. The van der Waals surface area contributed by atoms with E-state index in [-0.39, 0.29) is 6.04 Å². The molecule has 0 spiro atoms. The van der Waals surface area contributed by atoms with E-state index in [4.69, 9.17) is 4.99 Å². The van der Waals surface area contributed by atoms with Crippen LogP contribution in [-0.4, -0.2) is 41.9 Å². The number of nitrogens with zero attached hydrogens (tertiary/aromatic N) is 4. The van der Waals surface area contributed by atoms with E-state index in [0.717, 1.165) is 37.6 Å².